The van der Waals surface area contributed by atoms with Crippen LogP contribution in [0.3, 0.4) is 0 Å². The van der Waals surface area contributed by atoms with Crippen molar-refractivity contribution in [3.05, 3.63) is 28.9 Å². The number of amides is 1. The average Bonchev–Trinajstić information content (AvgIpc) is 3.39. The molecule has 4 rings (SSSR count). The van der Waals surface area contributed by atoms with Crippen LogP contribution in [0.5, 0.6) is 0 Å². The molecule has 1 aliphatic heterocycles. The van der Waals surface area contributed by atoms with Gasteiger partial charge in [0.05, 0.1) is 5.02 Å². The molecule has 2 aliphatic rings. The Morgan fingerprint density at radius 3 is 2.78 bits per heavy atom. The normalized spacial score (nSPS) is 18.2. The van der Waals surface area contributed by atoms with Crippen LogP contribution in [0.2, 0.25) is 5.02 Å². The van der Waals surface area contributed by atoms with E-state index in [0.29, 0.717) is 28.1 Å². The number of rotatable bonds is 3. The highest BCUT2D eigenvalue weighted by Crippen LogP contribution is 2.34. The van der Waals surface area contributed by atoms with Gasteiger partial charge in [0.1, 0.15) is 11.4 Å². The lowest BCUT2D eigenvalue weighted by Crippen LogP contribution is -2.36. The second-order valence-corrected chi connectivity index (χ2v) is 6.67. The number of anilines is 1. The molecule has 0 radical (unpaired) electrons. The average molecular weight is 331 g/mol. The molecular weight excluding hydrogens is 312 g/mol. The summed E-state index contributed by atoms with van der Waals surface area (Å²) in [6.07, 6.45) is 7.20. The molecule has 6 heteroatoms. The second kappa shape index (κ2) is 5.96. The number of fused-ring (bicyclic) bond motifs is 1. The van der Waals surface area contributed by atoms with Gasteiger partial charge < -0.3 is 10.2 Å². The zero-order chi connectivity index (χ0) is 15.8. The molecule has 1 amide bonds. The molecule has 0 atom stereocenters. The fourth-order valence-corrected chi connectivity index (χ4v) is 3.35. The maximum atomic E-state index is 13.0. The molecule has 2 aromatic heterocycles. The third kappa shape index (κ3) is 2.85. The molecule has 1 saturated carbocycles. The molecule has 23 heavy (non-hydrogen) atoms. The van der Waals surface area contributed by atoms with E-state index in [0.717, 1.165) is 44.2 Å². The van der Waals surface area contributed by atoms with E-state index in [1.54, 1.807) is 6.20 Å². The number of hydrogen-bond acceptors (Lipinski definition) is 4. The maximum Gasteiger partial charge on any atom is 0.259 e. The molecule has 0 unspecified atom stereocenters. The van der Waals surface area contributed by atoms with Crippen LogP contribution in [0.1, 0.15) is 42.5 Å². The summed E-state index contributed by atoms with van der Waals surface area (Å²) in [5.74, 6) is 0.565. The van der Waals surface area contributed by atoms with Gasteiger partial charge in [0.25, 0.3) is 5.91 Å². The van der Waals surface area contributed by atoms with Gasteiger partial charge in [-0.05, 0) is 44.2 Å². The van der Waals surface area contributed by atoms with E-state index in [-0.39, 0.29) is 5.91 Å². The summed E-state index contributed by atoms with van der Waals surface area (Å²) in [5.41, 5.74) is 1.08. The fraction of sp³-hybridized carbons (Fsp3) is 0.471. The molecule has 1 N–H and O–H groups in total. The van der Waals surface area contributed by atoms with Crippen molar-refractivity contribution in [3.63, 3.8) is 0 Å². The first-order chi connectivity index (χ1) is 11.2. The highest BCUT2D eigenvalue weighted by atomic mass is 35.5. The van der Waals surface area contributed by atoms with Gasteiger partial charge in [0, 0.05) is 30.7 Å². The summed E-state index contributed by atoms with van der Waals surface area (Å²) in [7, 11) is 0. The number of halogens is 1. The SMILES string of the molecule is O=C(c1c(NC2CC2)nc2ncccc2c1Cl)N1CCCCC1. The predicted octanol–water partition coefficient (Wildman–Crippen LogP) is 3.48. The molecule has 2 aromatic rings. The van der Waals surface area contributed by atoms with Crippen LogP contribution in [-0.2, 0) is 0 Å². The molecule has 3 heterocycles. The van der Waals surface area contributed by atoms with Crippen molar-refractivity contribution in [3.8, 4) is 0 Å². The summed E-state index contributed by atoms with van der Waals surface area (Å²) in [6, 6.07) is 4.08. The first kappa shape index (κ1) is 14.7. The molecule has 0 bridgehead atoms. The van der Waals surface area contributed by atoms with Crippen molar-refractivity contribution in [1.82, 2.24) is 14.9 Å². The van der Waals surface area contributed by atoms with Crippen molar-refractivity contribution in [2.24, 2.45) is 0 Å². The van der Waals surface area contributed by atoms with Crippen molar-refractivity contribution >= 4 is 34.4 Å². The molecular formula is C17H19ClN4O. The van der Waals surface area contributed by atoms with Crippen LogP contribution in [0.15, 0.2) is 18.3 Å². The fourth-order valence-electron chi connectivity index (χ4n) is 3.03. The lowest BCUT2D eigenvalue weighted by molar-refractivity contribution is 0.0725. The van der Waals surface area contributed by atoms with Gasteiger partial charge in [-0.15, -0.1) is 0 Å². The third-order valence-electron chi connectivity index (χ3n) is 4.47. The zero-order valence-electron chi connectivity index (χ0n) is 12.9. The summed E-state index contributed by atoms with van der Waals surface area (Å²) >= 11 is 6.60. The van der Waals surface area contributed by atoms with Gasteiger partial charge in [0.15, 0.2) is 5.65 Å². The van der Waals surface area contributed by atoms with Crippen LogP contribution in [-0.4, -0.2) is 39.9 Å². The quantitative estimate of drug-likeness (QED) is 0.936. The number of nitrogens with one attached hydrogen (secondary N) is 1. The van der Waals surface area contributed by atoms with Gasteiger partial charge in [-0.25, -0.2) is 9.97 Å². The summed E-state index contributed by atoms with van der Waals surface area (Å²) in [6.45, 7) is 1.59. The van der Waals surface area contributed by atoms with E-state index in [4.69, 9.17) is 11.6 Å². The number of likely N-dealkylation sites (tertiary alicyclic amines) is 1. The molecule has 5 nitrogen and oxygen atoms in total. The van der Waals surface area contributed by atoms with E-state index in [1.165, 1.54) is 6.42 Å². The topological polar surface area (TPSA) is 58.1 Å². The first-order valence-corrected chi connectivity index (χ1v) is 8.62. The molecule has 2 fully saturated rings. The van der Waals surface area contributed by atoms with E-state index in [9.17, 15) is 4.79 Å². The van der Waals surface area contributed by atoms with Crippen LogP contribution in [0, 0.1) is 0 Å². The lowest BCUT2D eigenvalue weighted by Gasteiger charge is -2.28. The number of carbonyl (C=O) groups is 1. The standard InChI is InChI=1S/C17H19ClN4O/c18-14-12-5-4-8-19-15(12)21-16(20-11-6-7-11)13(14)17(23)22-9-2-1-3-10-22/h4-5,8,11H,1-3,6-7,9-10H2,(H,19,20,21). The Balaban J connectivity index is 1.81. The van der Waals surface area contributed by atoms with E-state index < -0.39 is 0 Å². The zero-order valence-corrected chi connectivity index (χ0v) is 13.6. The Labute approximate surface area is 140 Å². The van der Waals surface area contributed by atoms with Crippen molar-refractivity contribution in [1.29, 1.82) is 0 Å². The number of pyridine rings is 2. The van der Waals surface area contributed by atoms with E-state index in [1.807, 2.05) is 17.0 Å². The molecule has 0 spiro atoms. The van der Waals surface area contributed by atoms with Crippen molar-refractivity contribution in [2.45, 2.75) is 38.1 Å². The van der Waals surface area contributed by atoms with Gasteiger partial charge in [-0.2, -0.15) is 0 Å². The number of aromatic nitrogens is 2. The number of carbonyl (C=O) groups excluding carboxylic acids is 1. The summed E-state index contributed by atoms with van der Waals surface area (Å²) in [4.78, 5) is 23.8. The van der Waals surface area contributed by atoms with Crippen LogP contribution >= 0.6 is 11.6 Å². The highest BCUT2D eigenvalue weighted by molar-refractivity contribution is 6.39. The summed E-state index contributed by atoms with van der Waals surface area (Å²) < 4.78 is 0. The van der Waals surface area contributed by atoms with Crippen LogP contribution in [0.25, 0.3) is 11.0 Å². The van der Waals surface area contributed by atoms with Crippen molar-refractivity contribution < 1.29 is 4.79 Å². The minimum atomic E-state index is -0.0175. The smallest absolute Gasteiger partial charge is 0.259 e. The Hall–Kier alpha value is -1.88. The van der Waals surface area contributed by atoms with E-state index in [2.05, 4.69) is 15.3 Å². The van der Waals surface area contributed by atoms with Crippen LogP contribution in [0.4, 0.5) is 5.82 Å². The lowest BCUT2D eigenvalue weighted by atomic mass is 10.1. The predicted molar refractivity (Wildman–Crippen MR) is 90.9 cm³/mol. The molecule has 0 aromatic carbocycles. The molecule has 1 aliphatic carbocycles. The minimum absolute atomic E-state index is 0.0175. The Kier molecular flexibility index (Phi) is 3.81. The number of piperidine rings is 1. The monoisotopic (exact) mass is 330 g/mol. The molecule has 1 saturated heterocycles. The number of nitrogens with zero attached hydrogens (tertiary/aromatic N) is 3. The van der Waals surface area contributed by atoms with Gasteiger partial charge >= 0.3 is 0 Å². The second-order valence-electron chi connectivity index (χ2n) is 6.30. The molecule has 120 valence electrons. The first-order valence-electron chi connectivity index (χ1n) is 8.24. The van der Waals surface area contributed by atoms with Gasteiger partial charge in [-0.3, -0.25) is 4.79 Å². The van der Waals surface area contributed by atoms with Crippen LogP contribution < -0.4 is 5.32 Å². The van der Waals surface area contributed by atoms with Crippen molar-refractivity contribution in [2.75, 3.05) is 18.4 Å². The number of hydrogen-bond donors (Lipinski definition) is 1. The maximum absolute atomic E-state index is 13.0. The van der Waals surface area contributed by atoms with Gasteiger partial charge in [0.2, 0.25) is 0 Å². The summed E-state index contributed by atoms with van der Waals surface area (Å²) in [5, 5.41) is 4.55. The Morgan fingerprint density at radius 2 is 2.04 bits per heavy atom. The Bertz CT molecular complexity index is 754. The highest BCUT2D eigenvalue weighted by Gasteiger charge is 2.29. The third-order valence-corrected chi connectivity index (χ3v) is 4.87. The minimum Gasteiger partial charge on any atom is -0.367 e. The van der Waals surface area contributed by atoms with Gasteiger partial charge in [-0.1, -0.05) is 11.6 Å². The van der Waals surface area contributed by atoms with E-state index >= 15 is 0 Å². The largest absolute Gasteiger partial charge is 0.367 e. The Morgan fingerprint density at radius 1 is 1.26 bits per heavy atom.